The number of hydrogen-bond acceptors (Lipinski definition) is 6. The summed E-state index contributed by atoms with van der Waals surface area (Å²) in [6.07, 6.45) is 4.36. The minimum absolute atomic E-state index is 0.107. The zero-order chi connectivity index (χ0) is 23.4. The summed E-state index contributed by atoms with van der Waals surface area (Å²) in [6, 6.07) is 7.71. The first-order valence-corrected chi connectivity index (χ1v) is 9.80. The summed E-state index contributed by atoms with van der Waals surface area (Å²) in [6.45, 7) is 3.66. The van der Waals surface area contributed by atoms with Crippen molar-refractivity contribution in [2.75, 3.05) is 0 Å². The number of Topliss-reactive ketones (excluding diaryl/α,β-unsaturated/α-hetero) is 1. The van der Waals surface area contributed by atoms with Gasteiger partial charge in [0.25, 0.3) is 0 Å². The van der Waals surface area contributed by atoms with Crippen molar-refractivity contribution in [1.29, 1.82) is 0 Å². The molecular formula is C25H21FO6. The van der Waals surface area contributed by atoms with E-state index in [-0.39, 0.29) is 23.1 Å². The highest BCUT2D eigenvalue weighted by molar-refractivity contribution is 6.27. The number of phenolic OH excluding ortho intramolecular Hbond substituents is 2. The van der Waals surface area contributed by atoms with Gasteiger partial charge in [-0.25, -0.2) is 9.18 Å². The van der Waals surface area contributed by atoms with E-state index in [9.17, 15) is 29.0 Å². The van der Waals surface area contributed by atoms with Gasteiger partial charge in [-0.05, 0) is 55.8 Å². The van der Waals surface area contributed by atoms with Crippen molar-refractivity contribution in [2.24, 2.45) is 0 Å². The molecule has 32 heavy (non-hydrogen) atoms. The highest BCUT2D eigenvalue weighted by Crippen LogP contribution is 2.36. The van der Waals surface area contributed by atoms with Crippen LogP contribution in [0.3, 0.4) is 0 Å². The Morgan fingerprint density at radius 3 is 2.28 bits per heavy atom. The summed E-state index contributed by atoms with van der Waals surface area (Å²) < 4.78 is 18.5. The van der Waals surface area contributed by atoms with Crippen LogP contribution in [-0.4, -0.2) is 33.9 Å². The highest BCUT2D eigenvalue weighted by Gasteiger charge is 2.35. The molecule has 0 heterocycles. The van der Waals surface area contributed by atoms with E-state index in [1.807, 2.05) is 13.8 Å². The number of allylic oxidation sites excluding steroid dienone is 2. The largest absolute Gasteiger partial charge is 0.507 e. The van der Waals surface area contributed by atoms with E-state index in [0.29, 0.717) is 5.56 Å². The number of ketones is 2. The molecule has 1 atom stereocenters. The number of benzene rings is 2. The molecule has 0 fully saturated rings. The summed E-state index contributed by atoms with van der Waals surface area (Å²) in [4.78, 5) is 38.1. The lowest BCUT2D eigenvalue weighted by Gasteiger charge is -2.23. The number of ether oxygens (including phenoxy) is 1. The molecule has 0 radical (unpaired) electrons. The van der Waals surface area contributed by atoms with Gasteiger partial charge in [-0.3, -0.25) is 9.59 Å². The second-order valence-corrected chi connectivity index (χ2v) is 7.47. The standard InChI is InChI=1S/C25H21FO6/c1-14(2)3-11-21(32-22(30)12-6-15-4-7-16(26)8-5-15)17-13-20(29)23-18(27)9-10-19(28)24(23)25(17)31/h3-10,12-13,21,27-28H,11H2,1-2H3/b12-6+. The Morgan fingerprint density at radius 1 is 1.03 bits per heavy atom. The van der Waals surface area contributed by atoms with Crippen LogP contribution in [0.5, 0.6) is 11.5 Å². The summed E-state index contributed by atoms with van der Waals surface area (Å²) in [5.41, 5.74) is 0.755. The molecule has 0 aromatic heterocycles. The van der Waals surface area contributed by atoms with Crippen LogP contribution in [-0.2, 0) is 9.53 Å². The SMILES string of the molecule is CC(C)=CCC(OC(=O)/C=C/c1ccc(F)cc1)C1=CC(=O)c2c(O)ccc(O)c2C1=O. The topological polar surface area (TPSA) is 101 Å². The fraction of sp³-hybridized carbons (Fsp3) is 0.160. The number of aromatic hydroxyl groups is 2. The molecule has 0 bridgehead atoms. The van der Waals surface area contributed by atoms with Crippen molar-refractivity contribution in [3.05, 3.63) is 88.3 Å². The van der Waals surface area contributed by atoms with Crippen molar-refractivity contribution < 1.29 is 33.7 Å². The number of esters is 1. The zero-order valence-electron chi connectivity index (χ0n) is 17.5. The van der Waals surface area contributed by atoms with E-state index in [0.717, 1.165) is 29.9 Å². The molecule has 3 rings (SSSR count). The van der Waals surface area contributed by atoms with Gasteiger partial charge in [0.15, 0.2) is 11.6 Å². The first-order chi connectivity index (χ1) is 15.2. The molecule has 0 spiro atoms. The Labute approximate surface area is 184 Å². The molecule has 2 N–H and O–H groups in total. The minimum atomic E-state index is -1.10. The smallest absolute Gasteiger partial charge is 0.331 e. The predicted molar refractivity (Wildman–Crippen MR) is 116 cm³/mol. The summed E-state index contributed by atoms with van der Waals surface area (Å²) in [5.74, 6) is -3.45. The zero-order valence-corrected chi connectivity index (χ0v) is 17.5. The summed E-state index contributed by atoms with van der Waals surface area (Å²) in [5, 5.41) is 20.1. The van der Waals surface area contributed by atoms with Crippen molar-refractivity contribution in [3.8, 4) is 11.5 Å². The highest BCUT2D eigenvalue weighted by atomic mass is 19.1. The molecule has 2 aromatic carbocycles. The maximum atomic E-state index is 13.1. The van der Waals surface area contributed by atoms with Crippen LogP contribution < -0.4 is 0 Å². The number of carbonyl (C=O) groups is 3. The number of rotatable bonds is 6. The van der Waals surface area contributed by atoms with Crippen molar-refractivity contribution in [2.45, 2.75) is 26.4 Å². The Morgan fingerprint density at radius 2 is 1.66 bits per heavy atom. The molecule has 1 unspecified atom stereocenters. The van der Waals surface area contributed by atoms with Crippen LogP contribution >= 0.6 is 0 Å². The van der Waals surface area contributed by atoms with Crippen molar-refractivity contribution in [3.63, 3.8) is 0 Å². The third-order valence-electron chi connectivity index (χ3n) is 4.81. The van der Waals surface area contributed by atoms with E-state index >= 15 is 0 Å². The van der Waals surface area contributed by atoms with Crippen LogP contribution in [0.25, 0.3) is 6.08 Å². The second kappa shape index (κ2) is 9.43. The molecular weight excluding hydrogens is 415 g/mol. The van der Waals surface area contributed by atoms with Crippen molar-refractivity contribution in [1.82, 2.24) is 0 Å². The Bertz CT molecular complexity index is 1170. The monoisotopic (exact) mass is 436 g/mol. The number of carbonyl (C=O) groups excluding carboxylic acids is 3. The molecule has 7 heteroatoms. The lowest BCUT2D eigenvalue weighted by atomic mass is 9.85. The van der Waals surface area contributed by atoms with Gasteiger partial charge in [-0.15, -0.1) is 0 Å². The molecule has 0 saturated carbocycles. The van der Waals surface area contributed by atoms with Crippen LogP contribution in [0.1, 0.15) is 46.5 Å². The van der Waals surface area contributed by atoms with E-state index in [2.05, 4.69) is 0 Å². The number of phenols is 2. The lowest BCUT2D eigenvalue weighted by molar-refractivity contribution is -0.140. The molecule has 0 aliphatic heterocycles. The van der Waals surface area contributed by atoms with Gasteiger partial charge < -0.3 is 14.9 Å². The minimum Gasteiger partial charge on any atom is -0.507 e. The van der Waals surface area contributed by atoms with Crippen LogP contribution in [0.4, 0.5) is 4.39 Å². The van der Waals surface area contributed by atoms with E-state index in [4.69, 9.17) is 4.74 Å². The molecule has 2 aromatic rings. The van der Waals surface area contributed by atoms with Crippen molar-refractivity contribution >= 4 is 23.6 Å². The molecule has 1 aliphatic carbocycles. The fourth-order valence-electron chi connectivity index (χ4n) is 3.22. The van der Waals surface area contributed by atoms with Gasteiger partial charge in [-0.1, -0.05) is 23.8 Å². The predicted octanol–water partition coefficient (Wildman–Crippen LogP) is 4.52. The Hall–Kier alpha value is -4.00. The normalized spacial score (nSPS) is 14.0. The average Bonchev–Trinajstić information content (AvgIpc) is 2.75. The van der Waals surface area contributed by atoms with Gasteiger partial charge >= 0.3 is 5.97 Å². The Kier molecular flexibility index (Phi) is 6.68. The Balaban J connectivity index is 1.90. The maximum absolute atomic E-state index is 13.1. The second-order valence-electron chi connectivity index (χ2n) is 7.47. The third kappa shape index (κ3) is 5.00. The fourth-order valence-corrected chi connectivity index (χ4v) is 3.22. The summed E-state index contributed by atoms with van der Waals surface area (Å²) >= 11 is 0. The number of halogens is 1. The van der Waals surface area contributed by atoms with Gasteiger partial charge in [0.05, 0.1) is 11.1 Å². The van der Waals surface area contributed by atoms with Crippen LogP contribution in [0, 0.1) is 5.82 Å². The third-order valence-corrected chi connectivity index (χ3v) is 4.81. The first kappa shape index (κ1) is 22.7. The lowest BCUT2D eigenvalue weighted by Crippen LogP contribution is -2.28. The van der Waals surface area contributed by atoms with Gasteiger partial charge in [0.1, 0.15) is 23.4 Å². The first-order valence-electron chi connectivity index (χ1n) is 9.80. The maximum Gasteiger partial charge on any atom is 0.331 e. The van der Waals surface area contributed by atoms with Crippen LogP contribution in [0.15, 0.2) is 65.8 Å². The molecule has 164 valence electrons. The van der Waals surface area contributed by atoms with Crippen LogP contribution in [0.2, 0.25) is 0 Å². The van der Waals surface area contributed by atoms with E-state index < -0.39 is 41.0 Å². The van der Waals surface area contributed by atoms with Gasteiger partial charge in [-0.2, -0.15) is 0 Å². The average molecular weight is 436 g/mol. The quantitative estimate of drug-likeness (QED) is 0.299. The van der Waals surface area contributed by atoms with E-state index in [1.54, 1.807) is 6.08 Å². The number of fused-ring (bicyclic) bond motifs is 1. The van der Waals surface area contributed by atoms with Gasteiger partial charge in [0, 0.05) is 18.1 Å². The van der Waals surface area contributed by atoms with Gasteiger partial charge in [0.2, 0.25) is 0 Å². The molecule has 1 aliphatic rings. The molecule has 0 saturated heterocycles. The molecule has 6 nitrogen and oxygen atoms in total. The summed E-state index contributed by atoms with van der Waals surface area (Å²) in [7, 11) is 0. The van der Waals surface area contributed by atoms with E-state index in [1.165, 1.54) is 30.3 Å². The number of hydrogen-bond donors (Lipinski definition) is 2. The molecule has 0 amide bonds.